The topological polar surface area (TPSA) is 86.9 Å². The zero-order valence-electron chi connectivity index (χ0n) is 18.3. The van der Waals surface area contributed by atoms with Crippen molar-refractivity contribution in [2.75, 3.05) is 7.11 Å². The minimum atomic E-state index is -0.259. The van der Waals surface area contributed by atoms with Gasteiger partial charge in [-0.1, -0.05) is 24.3 Å². The van der Waals surface area contributed by atoms with Crippen LogP contribution in [0.3, 0.4) is 0 Å². The number of methoxy groups -OCH3 is 1. The van der Waals surface area contributed by atoms with E-state index in [0.29, 0.717) is 18.0 Å². The molecule has 0 unspecified atom stereocenters. The first-order valence-corrected chi connectivity index (χ1v) is 10.5. The minimum Gasteiger partial charge on any atom is -0.494 e. The number of hydrogen-bond donors (Lipinski definition) is 1. The van der Waals surface area contributed by atoms with Crippen LogP contribution in [0, 0.1) is 6.92 Å². The Morgan fingerprint density at radius 3 is 2.76 bits per heavy atom. The number of benzene rings is 2. The van der Waals surface area contributed by atoms with Crippen LogP contribution in [0.1, 0.15) is 21.6 Å². The maximum Gasteiger partial charge on any atom is 0.272 e. The molecule has 3 heterocycles. The minimum absolute atomic E-state index is 0.259. The third-order valence-electron chi connectivity index (χ3n) is 5.37. The molecule has 164 valence electrons. The van der Waals surface area contributed by atoms with Crippen LogP contribution in [0.5, 0.6) is 5.75 Å². The molecule has 5 aromatic rings. The molecule has 8 heteroatoms. The fourth-order valence-corrected chi connectivity index (χ4v) is 3.64. The van der Waals surface area contributed by atoms with Crippen molar-refractivity contribution < 1.29 is 9.53 Å². The molecule has 1 amide bonds. The van der Waals surface area contributed by atoms with E-state index in [1.165, 1.54) is 0 Å². The van der Waals surface area contributed by atoms with Crippen molar-refractivity contribution in [3.8, 4) is 17.3 Å². The molecular weight excluding hydrogens is 416 g/mol. The summed E-state index contributed by atoms with van der Waals surface area (Å²) in [6, 6.07) is 19.2. The molecule has 0 atom stereocenters. The number of carbonyl (C=O) groups excluding carboxylic acids is 1. The van der Waals surface area contributed by atoms with Gasteiger partial charge in [0.2, 0.25) is 0 Å². The maximum absolute atomic E-state index is 12.6. The van der Waals surface area contributed by atoms with Crippen LogP contribution in [0.4, 0.5) is 0 Å². The lowest BCUT2D eigenvalue weighted by Gasteiger charge is -2.09. The zero-order chi connectivity index (χ0) is 22.8. The normalized spacial score (nSPS) is 11.0. The predicted octanol–water partition coefficient (Wildman–Crippen LogP) is 3.85. The van der Waals surface area contributed by atoms with Crippen molar-refractivity contribution in [2.45, 2.75) is 13.5 Å². The third kappa shape index (κ3) is 4.06. The molecule has 0 saturated carbocycles. The van der Waals surface area contributed by atoms with Crippen LogP contribution in [-0.4, -0.2) is 37.3 Å². The molecule has 0 bridgehead atoms. The van der Waals surface area contributed by atoms with Crippen LogP contribution in [0.2, 0.25) is 0 Å². The fraction of sp³-hybridized carbons (Fsp3) is 0.120. The number of pyridine rings is 1. The molecule has 33 heavy (non-hydrogen) atoms. The molecule has 0 aliphatic rings. The molecule has 0 radical (unpaired) electrons. The number of fused-ring (bicyclic) bond motifs is 1. The second-order valence-electron chi connectivity index (χ2n) is 7.63. The Kier molecular flexibility index (Phi) is 5.32. The van der Waals surface area contributed by atoms with Gasteiger partial charge in [-0.15, -0.1) is 0 Å². The summed E-state index contributed by atoms with van der Waals surface area (Å²) in [6.07, 6.45) is 5.26. The van der Waals surface area contributed by atoms with E-state index in [4.69, 9.17) is 4.74 Å². The number of rotatable bonds is 6. The molecule has 0 saturated heterocycles. The van der Waals surface area contributed by atoms with Crippen LogP contribution in [0.25, 0.3) is 22.5 Å². The van der Waals surface area contributed by atoms with Gasteiger partial charge >= 0.3 is 0 Å². The molecule has 0 aliphatic carbocycles. The Hall–Kier alpha value is -4.46. The monoisotopic (exact) mass is 438 g/mol. The Labute approximate surface area is 190 Å². The first-order valence-electron chi connectivity index (χ1n) is 10.5. The van der Waals surface area contributed by atoms with Gasteiger partial charge in [-0.2, -0.15) is 5.10 Å². The van der Waals surface area contributed by atoms with Gasteiger partial charge in [0.05, 0.1) is 18.1 Å². The van der Waals surface area contributed by atoms with E-state index in [9.17, 15) is 4.79 Å². The van der Waals surface area contributed by atoms with E-state index >= 15 is 0 Å². The van der Waals surface area contributed by atoms with E-state index in [-0.39, 0.29) is 5.91 Å². The molecule has 5 rings (SSSR count). The predicted molar refractivity (Wildman–Crippen MR) is 125 cm³/mol. The summed E-state index contributed by atoms with van der Waals surface area (Å²) >= 11 is 0. The summed E-state index contributed by atoms with van der Waals surface area (Å²) in [5.41, 5.74) is 4.98. The summed E-state index contributed by atoms with van der Waals surface area (Å²) < 4.78 is 9.00. The number of hydrogen-bond acceptors (Lipinski definition) is 5. The molecule has 0 aliphatic heterocycles. The van der Waals surface area contributed by atoms with E-state index in [1.807, 2.05) is 66.1 Å². The number of imidazole rings is 1. The summed E-state index contributed by atoms with van der Waals surface area (Å²) in [6.45, 7) is 2.34. The van der Waals surface area contributed by atoms with E-state index in [1.54, 1.807) is 36.6 Å². The number of nitrogens with zero attached hydrogens (tertiary/aromatic N) is 5. The van der Waals surface area contributed by atoms with Crippen LogP contribution >= 0.6 is 0 Å². The van der Waals surface area contributed by atoms with Gasteiger partial charge in [-0.05, 0) is 54.4 Å². The van der Waals surface area contributed by atoms with Crippen molar-refractivity contribution in [2.24, 2.45) is 0 Å². The van der Waals surface area contributed by atoms with Gasteiger partial charge in [0.15, 0.2) is 5.69 Å². The Balaban J connectivity index is 1.27. The largest absolute Gasteiger partial charge is 0.494 e. The van der Waals surface area contributed by atoms with Gasteiger partial charge in [0.1, 0.15) is 23.6 Å². The van der Waals surface area contributed by atoms with Gasteiger partial charge in [-0.25, -0.2) is 14.6 Å². The lowest BCUT2D eigenvalue weighted by molar-refractivity contribution is 0.0945. The number of amides is 1. The van der Waals surface area contributed by atoms with Crippen LogP contribution in [-0.2, 0) is 6.54 Å². The first kappa shape index (κ1) is 20.4. The molecular formula is C25H22N6O2. The van der Waals surface area contributed by atoms with E-state index < -0.39 is 0 Å². The lowest BCUT2D eigenvalue weighted by Crippen LogP contribution is -2.23. The molecule has 2 aromatic carbocycles. The Bertz CT molecular complexity index is 1440. The molecule has 8 nitrogen and oxygen atoms in total. The molecule has 1 N–H and O–H groups in total. The lowest BCUT2D eigenvalue weighted by atomic mass is 10.2. The van der Waals surface area contributed by atoms with Crippen molar-refractivity contribution >= 4 is 16.9 Å². The first-order chi connectivity index (χ1) is 16.1. The SMILES string of the molecule is COc1ccc(C)cc1-n1ccc(C(=O)NCc2ccc(-n3cnc4ccccc43)nc2)n1. The third-order valence-corrected chi connectivity index (χ3v) is 5.37. The van der Waals surface area contributed by atoms with Crippen molar-refractivity contribution in [1.29, 1.82) is 0 Å². The van der Waals surface area contributed by atoms with Gasteiger partial charge in [0.25, 0.3) is 5.91 Å². The number of aryl methyl sites for hydroxylation is 1. The van der Waals surface area contributed by atoms with Gasteiger partial charge in [-0.3, -0.25) is 9.36 Å². The molecule has 3 aromatic heterocycles. The summed E-state index contributed by atoms with van der Waals surface area (Å²) in [4.78, 5) is 21.6. The fourth-order valence-electron chi connectivity index (χ4n) is 3.64. The Morgan fingerprint density at radius 2 is 1.94 bits per heavy atom. The quantitative estimate of drug-likeness (QED) is 0.435. The average Bonchev–Trinajstić information content (AvgIpc) is 3.51. The number of nitrogens with one attached hydrogen (secondary N) is 1. The highest BCUT2D eigenvalue weighted by molar-refractivity contribution is 5.92. The zero-order valence-corrected chi connectivity index (χ0v) is 18.3. The number of aromatic nitrogens is 5. The molecule has 0 spiro atoms. The van der Waals surface area contributed by atoms with Crippen LogP contribution in [0.15, 0.2) is 79.4 Å². The standard InChI is InChI=1S/C25H22N6O2/c1-17-7-9-23(33-2)22(13-17)31-12-11-20(29-31)25(32)27-15-18-8-10-24(26-14-18)30-16-28-19-5-3-4-6-21(19)30/h3-14,16H,15H2,1-2H3,(H,27,32). The smallest absolute Gasteiger partial charge is 0.272 e. The second kappa shape index (κ2) is 8.58. The summed E-state index contributed by atoms with van der Waals surface area (Å²) in [7, 11) is 1.61. The van der Waals surface area contributed by atoms with Gasteiger partial charge < -0.3 is 10.1 Å². The number of carbonyl (C=O) groups is 1. The number of ether oxygens (including phenoxy) is 1. The highest BCUT2D eigenvalue weighted by Crippen LogP contribution is 2.23. The van der Waals surface area contributed by atoms with E-state index in [2.05, 4.69) is 20.4 Å². The Morgan fingerprint density at radius 1 is 1.06 bits per heavy atom. The van der Waals surface area contributed by atoms with E-state index in [0.717, 1.165) is 33.7 Å². The number of para-hydroxylation sites is 2. The highest BCUT2D eigenvalue weighted by atomic mass is 16.5. The summed E-state index contributed by atoms with van der Waals surface area (Å²) in [5.74, 6) is 1.20. The van der Waals surface area contributed by atoms with Crippen molar-refractivity contribution in [1.82, 2.24) is 29.6 Å². The van der Waals surface area contributed by atoms with Crippen LogP contribution < -0.4 is 10.1 Å². The summed E-state index contributed by atoms with van der Waals surface area (Å²) in [5, 5.41) is 7.32. The van der Waals surface area contributed by atoms with Crippen molar-refractivity contribution in [3.05, 3.63) is 96.2 Å². The maximum atomic E-state index is 12.6. The average molecular weight is 438 g/mol. The van der Waals surface area contributed by atoms with Crippen molar-refractivity contribution in [3.63, 3.8) is 0 Å². The van der Waals surface area contributed by atoms with Gasteiger partial charge in [0, 0.05) is 18.9 Å². The second-order valence-corrected chi connectivity index (χ2v) is 7.63. The molecule has 0 fully saturated rings. The highest BCUT2D eigenvalue weighted by Gasteiger charge is 2.13.